The average Bonchev–Trinajstić information content (AvgIpc) is 3.32. The standard InChI is InChI=1S/C38H36O4/c1-4-5-20-38(39)31-19-13-12-18-27(31)34-28-21-32(40-2)33(41-3)22-29(28)36-30(35(34)38)23-37(24-42-36,25-14-8-6-9-15-25)26-16-10-7-11-17-26/h6-19,21-23,36,39H,4-5,20,24H2,1-3H3. The van der Waals surface area contributed by atoms with Gasteiger partial charge in [0.2, 0.25) is 0 Å². The molecule has 0 aromatic heterocycles. The minimum absolute atomic E-state index is 0.360. The summed E-state index contributed by atoms with van der Waals surface area (Å²) >= 11 is 0. The van der Waals surface area contributed by atoms with Crippen LogP contribution in [0, 0.1) is 0 Å². The van der Waals surface area contributed by atoms with Crippen molar-refractivity contribution < 1.29 is 19.3 Å². The van der Waals surface area contributed by atoms with Crippen molar-refractivity contribution in [1.29, 1.82) is 0 Å². The van der Waals surface area contributed by atoms with Crippen molar-refractivity contribution in [2.75, 3.05) is 20.8 Å². The zero-order valence-corrected chi connectivity index (χ0v) is 24.4. The van der Waals surface area contributed by atoms with E-state index in [-0.39, 0.29) is 6.10 Å². The summed E-state index contributed by atoms with van der Waals surface area (Å²) in [7, 11) is 3.33. The van der Waals surface area contributed by atoms with Crippen LogP contribution in [0.5, 0.6) is 11.5 Å². The molecule has 0 saturated heterocycles. The van der Waals surface area contributed by atoms with E-state index >= 15 is 0 Å². The summed E-state index contributed by atoms with van der Waals surface area (Å²) in [6.07, 6.45) is 4.56. The van der Waals surface area contributed by atoms with Gasteiger partial charge < -0.3 is 19.3 Å². The molecule has 0 bridgehead atoms. The normalized spacial score (nSPS) is 21.5. The lowest BCUT2D eigenvalue weighted by molar-refractivity contribution is 0.0295. The summed E-state index contributed by atoms with van der Waals surface area (Å²) in [4.78, 5) is 0. The number of aliphatic hydroxyl groups is 1. The highest BCUT2D eigenvalue weighted by Crippen LogP contribution is 2.61. The molecule has 0 amide bonds. The highest BCUT2D eigenvalue weighted by Gasteiger charge is 2.52. The smallest absolute Gasteiger partial charge is 0.161 e. The molecule has 0 spiro atoms. The van der Waals surface area contributed by atoms with E-state index in [1.807, 2.05) is 6.07 Å². The maximum absolute atomic E-state index is 12.9. The van der Waals surface area contributed by atoms with Crippen molar-refractivity contribution in [3.63, 3.8) is 0 Å². The predicted molar refractivity (Wildman–Crippen MR) is 166 cm³/mol. The Labute approximate surface area is 247 Å². The molecule has 3 aliphatic rings. The first-order valence-electron chi connectivity index (χ1n) is 14.8. The molecule has 0 saturated carbocycles. The Hall–Kier alpha value is -4.12. The Morgan fingerprint density at radius 1 is 0.810 bits per heavy atom. The van der Waals surface area contributed by atoms with Crippen LogP contribution in [0.3, 0.4) is 0 Å². The van der Waals surface area contributed by atoms with Gasteiger partial charge in [0, 0.05) is 5.57 Å². The van der Waals surface area contributed by atoms with Gasteiger partial charge in [0.15, 0.2) is 11.5 Å². The summed E-state index contributed by atoms with van der Waals surface area (Å²) in [6.45, 7) is 2.64. The van der Waals surface area contributed by atoms with Crippen LogP contribution in [0.25, 0.3) is 5.57 Å². The van der Waals surface area contributed by atoms with E-state index in [0.717, 1.165) is 62.9 Å². The topological polar surface area (TPSA) is 47.9 Å². The van der Waals surface area contributed by atoms with E-state index in [1.54, 1.807) is 14.2 Å². The summed E-state index contributed by atoms with van der Waals surface area (Å²) in [5, 5.41) is 12.9. The number of ether oxygens (including phenoxy) is 3. The molecule has 1 aliphatic heterocycles. The second kappa shape index (κ2) is 10.3. The van der Waals surface area contributed by atoms with Crippen LogP contribution in [0.1, 0.15) is 65.7 Å². The Balaban J connectivity index is 1.58. The molecular weight excluding hydrogens is 520 g/mol. The number of hydrogen-bond donors (Lipinski definition) is 1. The van der Waals surface area contributed by atoms with Gasteiger partial charge in [-0.25, -0.2) is 0 Å². The highest BCUT2D eigenvalue weighted by atomic mass is 16.5. The van der Waals surface area contributed by atoms with Crippen molar-refractivity contribution in [1.82, 2.24) is 0 Å². The number of benzene rings is 4. The molecule has 4 aromatic carbocycles. The lowest BCUT2D eigenvalue weighted by Crippen LogP contribution is -2.40. The summed E-state index contributed by atoms with van der Waals surface area (Å²) in [6, 6.07) is 33.6. The molecule has 2 unspecified atom stereocenters. The minimum atomic E-state index is -1.14. The molecule has 4 aromatic rings. The average molecular weight is 557 g/mol. The molecule has 2 aliphatic carbocycles. The quantitative estimate of drug-likeness (QED) is 0.251. The Kier molecular flexibility index (Phi) is 6.56. The van der Waals surface area contributed by atoms with E-state index in [9.17, 15) is 5.11 Å². The van der Waals surface area contributed by atoms with Gasteiger partial charge in [0.25, 0.3) is 0 Å². The molecule has 2 atom stereocenters. The second-order valence-corrected chi connectivity index (χ2v) is 11.5. The number of fused-ring (bicyclic) bond motifs is 7. The zero-order valence-electron chi connectivity index (χ0n) is 24.4. The number of methoxy groups -OCH3 is 2. The molecule has 1 N–H and O–H groups in total. The van der Waals surface area contributed by atoms with Crippen LogP contribution in [0.4, 0.5) is 0 Å². The second-order valence-electron chi connectivity index (χ2n) is 11.5. The molecular formula is C38H36O4. The Bertz CT molecular complexity index is 1660. The fourth-order valence-electron chi connectivity index (χ4n) is 7.34. The van der Waals surface area contributed by atoms with Crippen molar-refractivity contribution in [3.8, 4) is 11.5 Å². The first kappa shape index (κ1) is 26.8. The third kappa shape index (κ3) is 3.82. The number of hydrogen-bond acceptors (Lipinski definition) is 4. The van der Waals surface area contributed by atoms with Crippen LogP contribution in [0.15, 0.2) is 114 Å². The third-order valence-electron chi connectivity index (χ3n) is 9.33. The molecule has 212 valence electrons. The van der Waals surface area contributed by atoms with Crippen molar-refractivity contribution >= 4 is 5.57 Å². The lowest BCUT2D eigenvalue weighted by Gasteiger charge is -2.44. The summed E-state index contributed by atoms with van der Waals surface area (Å²) in [5.74, 6) is 1.33. The fourth-order valence-corrected chi connectivity index (χ4v) is 7.34. The number of rotatable bonds is 7. The van der Waals surface area contributed by atoms with Gasteiger partial charge in [-0.1, -0.05) is 111 Å². The molecule has 1 heterocycles. The van der Waals surface area contributed by atoms with Gasteiger partial charge in [-0.3, -0.25) is 0 Å². The van der Waals surface area contributed by atoms with Crippen LogP contribution < -0.4 is 9.47 Å². The Morgan fingerprint density at radius 2 is 1.43 bits per heavy atom. The van der Waals surface area contributed by atoms with Crippen LogP contribution in [-0.4, -0.2) is 25.9 Å². The first-order valence-corrected chi connectivity index (χ1v) is 14.8. The fraction of sp³-hybridized carbons (Fsp3) is 0.263. The van der Waals surface area contributed by atoms with E-state index in [2.05, 4.69) is 104 Å². The summed E-state index contributed by atoms with van der Waals surface area (Å²) in [5.41, 5.74) is 7.77. The molecule has 0 fully saturated rings. The largest absolute Gasteiger partial charge is 0.493 e. The molecule has 0 radical (unpaired) electrons. The van der Waals surface area contributed by atoms with Gasteiger partial charge in [-0.2, -0.15) is 0 Å². The predicted octanol–water partition coefficient (Wildman–Crippen LogP) is 7.89. The maximum atomic E-state index is 12.9. The SMILES string of the molecule is CCCCC1(O)C2=C(c3cc(OC)c(OC)cc3C3OCC(c4ccccc4)(c4ccccc4)C=C23)c2ccccc21. The minimum Gasteiger partial charge on any atom is -0.493 e. The van der Waals surface area contributed by atoms with E-state index in [4.69, 9.17) is 14.2 Å². The van der Waals surface area contributed by atoms with Crippen LogP contribution in [0.2, 0.25) is 0 Å². The summed E-state index contributed by atoms with van der Waals surface area (Å²) < 4.78 is 18.5. The highest BCUT2D eigenvalue weighted by molar-refractivity contribution is 5.96. The van der Waals surface area contributed by atoms with Gasteiger partial charge in [0.05, 0.1) is 26.2 Å². The molecule has 42 heavy (non-hydrogen) atoms. The van der Waals surface area contributed by atoms with Gasteiger partial charge in [-0.15, -0.1) is 0 Å². The van der Waals surface area contributed by atoms with E-state index < -0.39 is 11.0 Å². The van der Waals surface area contributed by atoms with Crippen LogP contribution in [-0.2, 0) is 15.8 Å². The van der Waals surface area contributed by atoms with Crippen molar-refractivity contribution in [2.45, 2.75) is 43.3 Å². The monoisotopic (exact) mass is 556 g/mol. The molecule has 7 rings (SSSR count). The maximum Gasteiger partial charge on any atom is 0.161 e. The van der Waals surface area contributed by atoms with Gasteiger partial charge in [0.1, 0.15) is 11.7 Å². The Morgan fingerprint density at radius 3 is 2.07 bits per heavy atom. The first-order chi connectivity index (χ1) is 20.6. The third-order valence-corrected chi connectivity index (χ3v) is 9.33. The van der Waals surface area contributed by atoms with E-state index in [0.29, 0.717) is 24.5 Å². The molecule has 4 heteroatoms. The van der Waals surface area contributed by atoms with Gasteiger partial charge >= 0.3 is 0 Å². The molecule has 4 nitrogen and oxygen atoms in total. The zero-order chi connectivity index (χ0) is 28.9. The van der Waals surface area contributed by atoms with Crippen molar-refractivity contribution in [2.24, 2.45) is 0 Å². The van der Waals surface area contributed by atoms with Crippen LogP contribution >= 0.6 is 0 Å². The van der Waals surface area contributed by atoms with E-state index in [1.165, 1.54) is 0 Å². The van der Waals surface area contributed by atoms with Crippen molar-refractivity contribution in [3.05, 3.63) is 148 Å². The van der Waals surface area contributed by atoms with Gasteiger partial charge in [-0.05, 0) is 63.1 Å². The number of unbranched alkanes of at least 4 members (excludes halogenated alkanes) is 1. The lowest BCUT2D eigenvalue weighted by atomic mass is 9.67.